The van der Waals surface area contributed by atoms with Gasteiger partial charge in [0.05, 0.1) is 12.1 Å². The molecule has 1 N–H and O–H groups in total. The summed E-state index contributed by atoms with van der Waals surface area (Å²) in [6.07, 6.45) is 1.66. The van der Waals surface area contributed by atoms with Gasteiger partial charge in [0.25, 0.3) is 0 Å². The number of hydrazine groups is 1. The summed E-state index contributed by atoms with van der Waals surface area (Å²) in [5.41, 5.74) is 3.30. The highest BCUT2D eigenvalue weighted by Crippen LogP contribution is 2.14. The van der Waals surface area contributed by atoms with E-state index in [0.29, 0.717) is 6.04 Å². The van der Waals surface area contributed by atoms with Crippen LogP contribution in [0.2, 0.25) is 0 Å². The molecule has 15 heavy (non-hydrogen) atoms. The minimum absolute atomic E-state index is 0.465. The van der Waals surface area contributed by atoms with Crippen molar-refractivity contribution in [2.45, 2.75) is 31.8 Å². The van der Waals surface area contributed by atoms with E-state index >= 15 is 0 Å². The van der Waals surface area contributed by atoms with Crippen LogP contribution in [0.1, 0.15) is 20.8 Å². The fourth-order valence-corrected chi connectivity index (χ4v) is 1.94. The van der Waals surface area contributed by atoms with Gasteiger partial charge in [-0.2, -0.15) is 0 Å². The summed E-state index contributed by atoms with van der Waals surface area (Å²) >= 11 is 1.65. The maximum absolute atomic E-state index is 3.92. The molecule has 0 aliphatic carbocycles. The maximum atomic E-state index is 3.92. The zero-order chi connectivity index (χ0) is 11.1. The number of nitrogens with one attached hydrogen (secondary N) is 1. The number of nitrogens with zero attached hydrogens (tertiary/aromatic N) is 4. The molecule has 0 bridgehead atoms. The van der Waals surface area contributed by atoms with Gasteiger partial charge in [0.2, 0.25) is 0 Å². The van der Waals surface area contributed by atoms with Crippen molar-refractivity contribution in [1.82, 2.24) is 25.8 Å². The number of aromatic nitrogens is 3. The van der Waals surface area contributed by atoms with Crippen LogP contribution in [0.3, 0.4) is 0 Å². The third kappa shape index (κ3) is 4.55. The molecule has 0 saturated carbocycles. The van der Waals surface area contributed by atoms with Gasteiger partial charge in [-0.25, -0.2) is 5.01 Å². The zero-order valence-corrected chi connectivity index (χ0v) is 10.2. The van der Waals surface area contributed by atoms with E-state index in [2.05, 4.69) is 46.6 Å². The smallest absolute Gasteiger partial charge is 0.123 e. The van der Waals surface area contributed by atoms with Crippen molar-refractivity contribution >= 4 is 11.8 Å². The van der Waals surface area contributed by atoms with Gasteiger partial charge in [0, 0.05) is 12.6 Å². The first-order chi connectivity index (χ1) is 7.24. The Hall–Kier alpha value is -0.720. The second kappa shape index (κ2) is 6.71. The van der Waals surface area contributed by atoms with E-state index in [-0.39, 0.29) is 0 Å². The van der Waals surface area contributed by atoms with Crippen LogP contribution in [0.5, 0.6) is 0 Å². The van der Waals surface area contributed by atoms with Crippen molar-refractivity contribution in [3.63, 3.8) is 0 Å². The molecule has 0 radical (unpaired) electrons. The van der Waals surface area contributed by atoms with Gasteiger partial charge >= 0.3 is 0 Å². The highest BCUT2D eigenvalue weighted by molar-refractivity contribution is 7.99. The van der Waals surface area contributed by atoms with Crippen molar-refractivity contribution in [3.8, 4) is 0 Å². The van der Waals surface area contributed by atoms with Crippen LogP contribution in [-0.4, -0.2) is 38.9 Å². The van der Waals surface area contributed by atoms with E-state index in [0.717, 1.165) is 17.4 Å². The third-order valence-corrected chi connectivity index (χ3v) is 2.74. The van der Waals surface area contributed by atoms with E-state index in [9.17, 15) is 0 Å². The lowest BCUT2D eigenvalue weighted by Gasteiger charge is -2.25. The van der Waals surface area contributed by atoms with Gasteiger partial charge in [0.1, 0.15) is 5.03 Å². The number of hydrogen-bond donors (Lipinski definition) is 1. The summed E-state index contributed by atoms with van der Waals surface area (Å²) in [6.45, 7) is 7.33. The summed E-state index contributed by atoms with van der Waals surface area (Å²) in [5, 5.41) is 14.2. The second-order valence-electron chi connectivity index (χ2n) is 3.31. The van der Waals surface area contributed by atoms with Crippen molar-refractivity contribution in [3.05, 3.63) is 12.3 Å². The number of rotatable bonds is 6. The van der Waals surface area contributed by atoms with Crippen LogP contribution in [0.4, 0.5) is 0 Å². The zero-order valence-electron chi connectivity index (χ0n) is 9.34. The molecule has 0 saturated heterocycles. The normalized spacial score (nSPS) is 11.3. The largest absolute Gasteiger partial charge is 0.254 e. The van der Waals surface area contributed by atoms with Crippen molar-refractivity contribution in [1.29, 1.82) is 0 Å². The van der Waals surface area contributed by atoms with Crippen molar-refractivity contribution in [2.75, 3.05) is 12.4 Å². The molecule has 0 amide bonds. The number of thioether (sulfide) groups is 1. The first-order valence-electron chi connectivity index (χ1n) is 5.01. The van der Waals surface area contributed by atoms with Crippen LogP contribution in [0.25, 0.3) is 0 Å². The molecule has 0 atom stereocenters. The molecule has 0 aliphatic heterocycles. The Kier molecular flexibility index (Phi) is 5.52. The average molecular weight is 227 g/mol. The monoisotopic (exact) mass is 227 g/mol. The van der Waals surface area contributed by atoms with Crippen LogP contribution in [-0.2, 0) is 0 Å². The standard InChI is InChI=1S/C9H17N5S/c1-4-11-14(8(2)3)7-15-9-5-6-10-13-12-9/h5-6,8,11H,4,7H2,1-3H3. The lowest BCUT2D eigenvalue weighted by molar-refractivity contribution is 0.181. The number of hydrogen-bond acceptors (Lipinski definition) is 6. The third-order valence-electron chi connectivity index (χ3n) is 1.81. The molecule has 1 aromatic heterocycles. The summed E-state index contributed by atoms with van der Waals surface area (Å²) in [4.78, 5) is 0. The molecule has 5 nitrogen and oxygen atoms in total. The predicted molar refractivity (Wildman–Crippen MR) is 61.2 cm³/mol. The molecular formula is C9H17N5S. The summed E-state index contributed by atoms with van der Waals surface area (Å²) in [7, 11) is 0. The Balaban J connectivity index is 2.40. The molecule has 6 heteroatoms. The quantitative estimate of drug-likeness (QED) is 0.447. The molecule has 1 heterocycles. The van der Waals surface area contributed by atoms with E-state index in [1.807, 2.05) is 6.07 Å². The van der Waals surface area contributed by atoms with Crippen LogP contribution in [0.15, 0.2) is 17.3 Å². The Morgan fingerprint density at radius 3 is 2.87 bits per heavy atom. The summed E-state index contributed by atoms with van der Waals surface area (Å²) < 4.78 is 0. The van der Waals surface area contributed by atoms with E-state index in [4.69, 9.17) is 0 Å². The predicted octanol–water partition coefficient (Wildman–Crippen LogP) is 1.16. The summed E-state index contributed by atoms with van der Waals surface area (Å²) in [6, 6.07) is 2.33. The van der Waals surface area contributed by atoms with Gasteiger partial charge in [-0.1, -0.05) is 18.7 Å². The summed E-state index contributed by atoms with van der Waals surface area (Å²) in [5.74, 6) is 0.851. The van der Waals surface area contributed by atoms with Crippen LogP contribution in [0, 0.1) is 0 Å². The molecule has 84 valence electrons. The Labute approximate surface area is 94.6 Å². The molecule has 1 aromatic rings. The lowest BCUT2D eigenvalue weighted by Crippen LogP contribution is -2.42. The average Bonchev–Trinajstić information content (AvgIpc) is 2.25. The lowest BCUT2D eigenvalue weighted by atomic mass is 10.4. The van der Waals surface area contributed by atoms with Gasteiger partial charge in [-0.05, 0) is 25.1 Å². The van der Waals surface area contributed by atoms with E-state index in [1.165, 1.54) is 0 Å². The van der Waals surface area contributed by atoms with Gasteiger partial charge in [0.15, 0.2) is 0 Å². The van der Waals surface area contributed by atoms with Crippen molar-refractivity contribution < 1.29 is 0 Å². The van der Waals surface area contributed by atoms with E-state index in [1.54, 1.807) is 18.0 Å². The second-order valence-corrected chi connectivity index (χ2v) is 4.27. The minimum atomic E-state index is 0.465. The Bertz CT molecular complexity index is 266. The molecule has 1 rings (SSSR count). The van der Waals surface area contributed by atoms with Gasteiger partial charge in [-0.15, -0.1) is 10.2 Å². The first-order valence-corrected chi connectivity index (χ1v) is 6.00. The van der Waals surface area contributed by atoms with Gasteiger partial charge < -0.3 is 0 Å². The molecule has 0 aliphatic rings. The molecule has 0 unspecified atom stereocenters. The van der Waals surface area contributed by atoms with E-state index < -0.39 is 0 Å². The molecule has 0 spiro atoms. The Morgan fingerprint density at radius 2 is 2.33 bits per heavy atom. The minimum Gasteiger partial charge on any atom is -0.254 e. The fourth-order valence-electron chi connectivity index (χ4n) is 1.02. The highest BCUT2D eigenvalue weighted by atomic mass is 32.2. The SMILES string of the molecule is CCNN(CSc1ccnnn1)C(C)C. The topological polar surface area (TPSA) is 53.9 Å². The maximum Gasteiger partial charge on any atom is 0.123 e. The Morgan fingerprint density at radius 1 is 1.53 bits per heavy atom. The highest BCUT2D eigenvalue weighted by Gasteiger charge is 2.08. The molecular weight excluding hydrogens is 210 g/mol. The molecule has 0 aromatic carbocycles. The van der Waals surface area contributed by atoms with Crippen molar-refractivity contribution in [2.24, 2.45) is 0 Å². The first kappa shape index (κ1) is 12.4. The fraction of sp³-hybridized carbons (Fsp3) is 0.667. The van der Waals surface area contributed by atoms with Crippen LogP contribution >= 0.6 is 11.8 Å². The van der Waals surface area contributed by atoms with Gasteiger partial charge in [-0.3, -0.25) is 5.43 Å². The van der Waals surface area contributed by atoms with Crippen LogP contribution < -0.4 is 5.43 Å². The molecule has 0 fully saturated rings.